The van der Waals surface area contributed by atoms with Gasteiger partial charge >= 0.3 is 0 Å². The Labute approximate surface area is 110 Å². The maximum absolute atomic E-state index is 11.4. The quantitative estimate of drug-likeness (QED) is 0.802. The van der Waals surface area contributed by atoms with Crippen molar-refractivity contribution in [1.82, 2.24) is 15.0 Å². The van der Waals surface area contributed by atoms with Crippen LogP contribution in [0.15, 0.2) is 18.2 Å². The summed E-state index contributed by atoms with van der Waals surface area (Å²) in [5, 5.41) is 8.83. The van der Waals surface area contributed by atoms with Crippen molar-refractivity contribution in [2.45, 2.75) is 18.9 Å². The summed E-state index contributed by atoms with van der Waals surface area (Å²) in [4.78, 5) is 0. The molecule has 96 valence electrons. The van der Waals surface area contributed by atoms with E-state index in [1.54, 1.807) is 10.7 Å². The van der Waals surface area contributed by atoms with E-state index in [4.69, 9.17) is 11.6 Å². The van der Waals surface area contributed by atoms with Gasteiger partial charge in [-0.15, -0.1) is 5.10 Å². The van der Waals surface area contributed by atoms with Gasteiger partial charge in [0.1, 0.15) is 15.4 Å². The average Bonchev–Trinajstić information content (AvgIpc) is 2.72. The Balaban J connectivity index is 1.98. The molecule has 0 aliphatic carbocycles. The number of halogens is 1. The topological polar surface area (TPSA) is 64.8 Å². The van der Waals surface area contributed by atoms with Crippen LogP contribution in [-0.4, -0.2) is 34.9 Å². The van der Waals surface area contributed by atoms with Gasteiger partial charge in [0.15, 0.2) is 0 Å². The molecule has 1 aromatic carbocycles. The molecule has 0 N–H and O–H groups in total. The molecule has 18 heavy (non-hydrogen) atoms. The fourth-order valence-corrected chi connectivity index (χ4v) is 3.93. The molecule has 3 rings (SSSR count). The van der Waals surface area contributed by atoms with Gasteiger partial charge in [-0.05, 0) is 31.0 Å². The second-order valence-corrected chi connectivity index (χ2v) is 7.29. The molecule has 0 bridgehead atoms. The third kappa shape index (κ3) is 2.10. The Kier molecular flexibility index (Phi) is 2.79. The maximum Gasteiger partial charge on any atom is 0.150 e. The van der Waals surface area contributed by atoms with E-state index in [9.17, 15) is 8.42 Å². The Hall–Kier alpha value is -1.14. The predicted molar refractivity (Wildman–Crippen MR) is 69.5 cm³/mol. The molecule has 1 aliphatic rings. The molecular weight excluding hydrogens is 274 g/mol. The highest BCUT2D eigenvalue weighted by Gasteiger charge is 2.26. The number of nitrogens with zero attached hydrogens (tertiary/aromatic N) is 3. The highest BCUT2D eigenvalue weighted by molar-refractivity contribution is 7.91. The number of sulfone groups is 1. The van der Waals surface area contributed by atoms with Crippen molar-refractivity contribution in [2.75, 3.05) is 11.5 Å². The molecule has 1 fully saturated rings. The first kappa shape index (κ1) is 11.9. The smallest absolute Gasteiger partial charge is 0.150 e. The van der Waals surface area contributed by atoms with Crippen molar-refractivity contribution < 1.29 is 8.42 Å². The van der Waals surface area contributed by atoms with Crippen molar-refractivity contribution in [3.05, 3.63) is 23.2 Å². The van der Waals surface area contributed by atoms with Crippen LogP contribution in [0.5, 0.6) is 0 Å². The largest absolute Gasteiger partial charge is 0.241 e. The zero-order valence-electron chi connectivity index (χ0n) is 9.58. The summed E-state index contributed by atoms with van der Waals surface area (Å²) in [6, 6.07) is 5.51. The summed E-state index contributed by atoms with van der Waals surface area (Å²) in [6.45, 7) is 0. The number of hydrogen-bond donors (Lipinski definition) is 0. The first-order valence-electron chi connectivity index (χ1n) is 5.76. The molecule has 7 heteroatoms. The molecule has 0 unspecified atom stereocenters. The molecule has 2 aromatic rings. The molecular formula is C11H12ClN3O2S. The van der Waals surface area contributed by atoms with Crippen molar-refractivity contribution in [3.63, 3.8) is 0 Å². The van der Waals surface area contributed by atoms with Crippen molar-refractivity contribution >= 4 is 32.5 Å². The molecule has 0 atom stereocenters. The summed E-state index contributed by atoms with van der Waals surface area (Å²) in [7, 11) is -2.86. The van der Waals surface area contributed by atoms with E-state index < -0.39 is 9.84 Å². The van der Waals surface area contributed by atoms with Crippen LogP contribution in [0.4, 0.5) is 0 Å². The molecule has 0 saturated carbocycles. The highest BCUT2D eigenvalue weighted by atomic mass is 35.5. The van der Waals surface area contributed by atoms with Gasteiger partial charge in [0.25, 0.3) is 0 Å². The number of fused-ring (bicyclic) bond motifs is 1. The van der Waals surface area contributed by atoms with Gasteiger partial charge in [0.2, 0.25) is 0 Å². The van der Waals surface area contributed by atoms with Gasteiger partial charge < -0.3 is 0 Å². The van der Waals surface area contributed by atoms with E-state index in [1.165, 1.54) is 0 Å². The fraction of sp³-hybridized carbons (Fsp3) is 0.455. The highest BCUT2D eigenvalue weighted by Crippen LogP contribution is 2.27. The van der Waals surface area contributed by atoms with E-state index in [1.807, 2.05) is 12.1 Å². The lowest BCUT2D eigenvalue weighted by Crippen LogP contribution is -2.26. The van der Waals surface area contributed by atoms with Crippen LogP contribution in [0.2, 0.25) is 5.02 Å². The zero-order chi connectivity index (χ0) is 12.8. The molecule has 0 spiro atoms. The molecule has 1 aromatic heterocycles. The van der Waals surface area contributed by atoms with Crippen molar-refractivity contribution in [1.29, 1.82) is 0 Å². The van der Waals surface area contributed by atoms with E-state index in [0.717, 1.165) is 11.0 Å². The van der Waals surface area contributed by atoms with Crippen molar-refractivity contribution in [3.8, 4) is 0 Å². The summed E-state index contributed by atoms with van der Waals surface area (Å²) in [5.74, 6) is 0.444. The molecule has 0 amide bonds. The van der Waals surface area contributed by atoms with Gasteiger partial charge in [-0.3, -0.25) is 0 Å². The Morgan fingerprint density at radius 2 is 2.00 bits per heavy atom. The van der Waals surface area contributed by atoms with Gasteiger partial charge in [0, 0.05) is 5.02 Å². The summed E-state index contributed by atoms with van der Waals surface area (Å²) >= 11 is 5.97. The van der Waals surface area contributed by atoms with Gasteiger partial charge in [-0.2, -0.15) is 0 Å². The second-order valence-electron chi connectivity index (χ2n) is 4.55. The van der Waals surface area contributed by atoms with Crippen LogP contribution in [-0.2, 0) is 9.84 Å². The van der Waals surface area contributed by atoms with E-state index in [0.29, 0.717) is 17.9 Å². The predicted octanol–water partition coefficient (Wildman–Crippen LogP) is 1.83. The van der Waals surface area contributed by atoms with Crippen molar-refractivity contribution in [2.24, 2.45) is 0 Å². The first-order valence-corrected chi connectivity index (χ1v) is 7.96. The Bertz CT molecular complexity index is 681. The van der Waals surface area contributed by atoms with Crippen LogP contribution in [0.1, 0.15) is 18.9 Å². The lowest BCUT2D eigenvalue weighted by atomic mass is 10.1. The fourth-order valence-electron chi connectivity index (χ4n) is 2.30. The van der Waals surface area contributed by atoms with Crippen LogP contribution in [0.25, 0.3) is 11.0 Å². The minimum Gasteiger partial charge on any atom is -0.241 e. The average molecular weight is 286 g/mol. The molecule has 5 nitrogen and oxygen atoms in total. The maximum atomic E-state index is 11.4. The minimum atomic E-state index is -2.86. The monoisotopic (exact) mass is 285 g/mol. The van der Waals surface area contributed by atoms with Crippen LogP contribution in [0, 0.1) is 0 Å². The first-order chi connectivity index (χ1) is 8.55. The summed E-state index contributed by atoms with van der Waals surface area (Å²) in [6.07, 6.45) is 1.18. The molecule has 2 heterocycles. The molecule has 1 aliphatic heterocycles. The van der Waals surface area contributed by atoms with Crippen LogP contribution in [0.3, 0.4) is 0 Å². The lowest BCUT2D eigenvalue weighted by Gasteiger charge is -2.22. The zero-order valence-corrected chi connectivity index (χ0v) is 11.2. The number of rotatable bonds is 1. The standard InChI is InChI=1S/C11H12ClN3O2S/c12-8-1-2-10-11(7-8)15(14-13-10)9-3-5-18(16,17)6-4-9/h1-2,7,9H,3-6H2. The Morgan fingerprint density at radius 3 is 2.72 bits per heavy atom. The normalized spacial score (nSPS) is 20.3. The van der Waals surface area contributed by atoms with E-state index in [-0.39, 0.29) is 17.5 Å². The summed E-state index contributed by atoms with van der Waals surface area (Å²) in [5.41, 5.74) is 1.65. The SMILES string of the molecule is O=S1(=O)CCC(n2nnc3ccc(Cl)cc32)CC1. The molecule has 0 radical (unpaired) electrons. The van der Waals surface area contributed by atoms with E-state index in [2.05, 4.69) is 10.3 Å². The third-order valence-electron chi connectivity index (χ3n) is 3.30. The van der Waals surface area contributed by atoms with E-state index >= 15 is 0 Å². The number of benzene rings is 1. The number of hydrogen-bond acceptors (Lipinski definition) is 4. The Morgan fingerprint density at radius 1 is 1.28 bits per heavy atom. The van der Waals surface area contributed by atoms with Gasteiger partial charge in [0.05, 0.1) is 23.1 Å². The van der Waals surface area contributed by atoms with Gasteiger partial charge in [-0.25, -0.2) is 13.1 Å². The van der Waals surface area contributed by atoms with Crippen LogP contribution < -0.4 is 0 Å². The minimum absolute atomic E-state index is 0.0944. The number of aromatic nitrogens is 3. The lowest BCUT2D eigenvalue weighted by molar-refractivity contribution is 0.415. The second kappa shape index (κ2) is 4.20. The molecule has 1 saturated heterocycles. The third-order valence-corrected chi connectivity index (χ3v) is 5.25. The van der Waals surface area contributed by atoms with Gasteiger partial charge in [-0.1, -0.05) is 16.8 Å². The summed E-state index contributed by atoms with van der Waals surface area (Å²) < 4.78 is 24.6. The van der Waals surface area contributed by atoms with Crippen LogP contribution >= 0.6 is 11.6 Å².